The van der Waals surface area contributed by atoms with Crippen LogP contribution in [-0.2, 0) is 4.79 Å². The zero-order valence-corrected chi connectivity index (χ0v) is 10.8. The molecule has 3 nitrogen and oxygen atoms in total. The Hall–Kier alpha value is -2.03. The summed E-state index contributed by atoms with van der Waals surface area (Å²) in [7, 11) is 0. The van der Waals surface area contributed by atoms with Crippen LogP contribution in [0.2, 0.25) is 0 Å². The Balaban J connectivity index is 2.10. The number of carbonyl (C=O) groups is 1. The molecule has 1 atom stereocenters. The van der Waals surface area contributed by atoms with Crippen LogP contribution in [0.4, 0.5) is 0 Å². The number of nitrogens with one attached hydrogen (secondary N) is 1. The number of aromatic nitrogens is 1. The van der Waals surface area contributed by atoms with Gasteiger partial charge in [-0.05, 0) is 36.8 Å². The maximum absolute atomic E-state index is 11.3. The molecule has 0 unspecified atom stereocenters. The van der Waals surface area contributed by atoms with E-state index < -0.39 is 0 Å². The second kappa shape index (κ2) is 5.54. The maximum atomic E-state index is 11.3. The van der Waals surface area contributed by atoms with Gasteiger partial charge in [-0.2, -0.15) is 0 Å². The van der Waals surface area contributed by atoms with Gasteiger partial charge in [-0.15, -0.1) is 0 Å². The molecule has 1 aromatic heterocycles. The predicted molar refractivity (Wildman–Crippen MR) is 72.6 cm³/mol. The second-order valence-electron chi connectivity index (χ2n) is 4.32. The molecule has 1 N–H and O–H groups in total. The highest BCUT2D eigenvalue weighted by atomic mass is 16.1. The highest BCUT2D eigenvalue weighted by Gasteiger charge is 2.07. The third-order valence-corrected chi connectivity index (χ3v) is 2.99. The van der Waals surface area contributed by atoms with Gasteiger partial charge in [0.05, 0.1) is 6.04 Å². The van der Waals surface area contributed by atoms with E-state index in [1.165, 1.54) is 0 Å². The molecule has 0 aliphatic heterocycles. The second-order valence-corrected chi connectivity index (χ2v) is 4.32. The average molecular weight is 242 g/mol. The van der Waals surface area contributed by atoms with E-state index in [2.05, 4.69) is 34.1 Å². The first-order chi connectivity index (χ1) is 8.70. The van der Waals surface area contributed by atoms with Crippen molar-refractivity contribution in [1.29, 1.82) is 0 Å². The molecule has 2 rings (SSSR count). The van der Waals surface area contributed by atoms with E-state index in [4.69, 9.17) is 0 Å². The van der Waals surface area contributed by atoms with E-state index in [-0.39, 0.29) is 11.9 Å². The van der Waals surface area contributed by atoms with E-state index in [9.17, 15) is 4.79 Å². The Morgan fingerprint density at radius 1 is 1.22 bits per heavy atom. The third-order valence-electron chi connectivity index (χ3n) is 2.99. The van der Waals surface area contributed by atoms with Gasteiger partial charge in [0, 0.05) is 24.5 Å². The van der Waals surface area contributed by atoms with Crippen molar-refractivity contribution >= 4 is 5.91 Å². The van der Waals surface area contributed by atoms with Crippen molar-refractivity contribution in [2.45, 2.75) is 26.3 Å². The van der Waals surface area contributed by atoms with Crippen LogP contribution in [0.1, 0.15) is 31.9 Å². The lowest BCUT2D eigenvalue weighted by atomic mass is 10.1. The Kier molecular flexibility index (Phi) is 3.82. The highest BCUT2D eigenvalue weighted by molar-refractivity contribution is 5.76. The van der Waals surface area contributed by atoms with Crippen molar-refractivity contribution in [3.8, 4) is 5.69 Å². The molecule has 2 aromatic rings. The van der Waals surface area contributed by atoms with Crippen molar-refractivity contribution in [2.75, 3.05) is 0 Å². The molecular weight excluding hydrogens is 224 g/mol. The molecule has 94 valence electrons. The predicted octanol–water partition coefficient (Wildman–Crippen LogP) is 3.06. The molecule has 1 aromatic carbocycles. The molecule has 0 aliphatic rings. The van der Waals surface area contributed by atoms with Gasteiger partial charge in [0.25, 0.3) is 0 Å². The third kappa shape index (κ3) is 2.80. The lowest BCUT2D eigenvalue weighted by Gasteiger charge is -2.14. The van der Waals surface area contributed by atoms with E-state index in [1.54, 1.807) is 0 Å². The van der Waals surface area contributed by atoms with E-state index >= 15 is 0 Å². The summed E-state index contributed by atoms with van der Waals surface area (Å²) >= 11 is 0. The minimum Gasteiger partial charge on any atom is -0.350 e. The van der Waals surface area contributed by atoms with Crippen LogP contribution < -0.4 is 5.32 Å². The fraction of sp³-hybridized carbons (Fsp3) is 0.267. The first-order valence-electron chi connectivity index (χ1n) is 6.23. The molecule has 3 heteroatoms. The molecule has 0 saturated heterocycles. The summed E-state index contributed by atoms with van der Waals surface area (Å²) in [5, 5.41) is 2.95. The zero-order valence-electron chi connectivity index (χ0n) is 10.8. The van der Waals surface area contributed by atoms with Crippen LogP contribution in [-0.4, -0.2) is 10.5 Å². The van der Waals surface area contributed by atoms with Gasteiger partial charge >= 0.3 is 0 Å². The van der Waals surface area contributed by atoms with E-state index in [0.29, 0.717) is 6.42 Å². The average Bonchev–Trinajstić information content (AvgIpc) is 2.92. The fourth-order valence-corrected chi connectivity index (χ4v) is 1.87. The first-order valence-corrected chi connectivity index (χ1v) is 6.23. The summed E-state index contributed by atoms with van der Waals surface area (Å²) in [6, 6.07) is 12.3. The van der Waals surface area contributed by atoms with Gasteiger partial charge in [0.15, 0.2) is 0 Å². The summed E-state index contributed by atoms with van der Waals surface area (Å²) in [4.78, 5) is 11.3. The van der Waals surface area contributed by atoms with Crippen molar-refractivity contribution in [3.63, 3.8) is 0 Å². The fourth-order valence-electron chi connectivity index (χ4n) is 1.87. The summed E-state index contributed by atoms with van der Waals surface area (Å²) in [5.41, 5.74) is 2.24. The molecule has 0 aliphatic carbocycles. The summed E-state index contributed by atoms with van der Waals surface area (Å²) in [5.74, 6) is 0.0805. The monoisotopic (exact) mass is 242 g/mol. The van der Waals surface area contributed by atoms with Gasteiger partial charge in [0.1, 0.15) is 0 Å². The molecule has 0 saturated carbocycles. The molecule has 1 amide bonds. The van der Waals surface area contributed by atoms with Crippen LogP contribution in [0.5, 0.6) is 0 Å². The van der Waals surface area contributed by atoms with Crippen molar-refractivity contribution in [2.24, 2.45) is 0 Å². The molecule has 0 radical (unpaired) electrons. The Morgan fingerprint density at radius 3 is 2.39 bits per heavy atom. The number of amides is 1. The maximum Gasteiger partial charge on any atom is 0.220 e. The Morgan fingerprint density at radius 2 is 1.83 bits per heavy atom. The van der Waals surface area contributed by atoms with Crippen LogP contribution in [0.3, 0.4) is 0 Å². The van der Waals surface area contributed by atoms with Crippen molar-refractivity contribution < 1.29 is 4.79 Å². The topological polar surface area (TPSA) is 34.0 Å². The molecule has 1 heterocycles. The molecule has 0 fully saturated rings. The number of carbonyl (C=O) groups excluding carboxylic acids is 1. The van der Waals surface area contributed by atoms with Crippen LogP contribution in [0, 0.1) is 0 Å². The van der Waals surface area contributed by atoms with E-state index in [1.807, 2.05) is 38.4 Å². The first kappa shape index (κ1) is 12.4. The van der Waals surface area contributed by atoms with Crippen molar-refractivity contribution in [3.05, 3.63) is 54.4 Å². The zero-order chi connectivity index (χ0) is 13.0. The number of hydrogen-bond acceptors (Lipinski definition) is 1. The lowest BCUT2D eigenvalue weighted by molar-refractivity contribution is -0.121. The highest BCUT2D eigenvalue weighted by Crippen LogP contribution is 2.15. The smallest absolute Gasteiger partial charge is 0.220 e. The normalized spacial score (nSPS) is 12.1. The summed E-state index contributed by atoms with van der Waals surface area (Å²) in [6.07, 6.45) is 4.54. The summed E-state index contributed by atoms with van der Waals surface area (Å²) < 4.78 is 2.05. The number of hydrogen-bond donors (Lipinski definition) is 1. The number of nitrogens with zero attached hydrogens (tertiary/aromatic N) is 1. The van der Waals surface area contributed by atoms with Gasteiger partial charge in [-0.25, -0.2) is 0 Å². The SMILES string of the molecule is CCC(=O)N[C@@H](C)c1ccc(-n2cccc2)cc1. The van der Waals surface area contributed by atoms with Gasteiger partial charge in [0.2, 0.25) is 5.91 Å². The van der Waals surface area contributed by atoms with Gasteiger partial charge in [-0.1, -0.05) is 19.1 Å². The lowest BCUT2D eigenvalue weighted by Crippen LogP contribution is -2.25. The van der Waals surface area contributed by atoms with Crippen LogP contribution in [0.25, 0.3) is 5.69 Å². The number of benzene rings is 1. The molecule has 0 spiro atoms. The Bertz CT molecular complexity index is 500. The van der Waals surface area contributed by atoms with Crippen LogP contribution >= 0.6 is 0 Å². The quantitative estimate of drug-likeness (QED) is 0.878. The van der Waals surface area contributed by atoms with Gasteiger partial charge in [-0.3, -0.25) is 4.79 Å². The molecular formula is C15H18N2O. The van der Waals surface area contributed by atoms with Crippen LogP contribution in [0.15, 0.2) is 48.8 Å². The molecule has 0 bridgehead atoms. The van der Waals surface area contributed by atoms with Gasteiger partial charge < -0.3 is 9.88 Å². The largest absolute Gasteiger partial charge is 0.350 e. The Labute approximate surface area is 107 Å². The minimum atomic E-state index is 0.0520. The molecule has 18 heavy (non-hydrogen) atoms. The number of rotatable bonds is 4. The van der Waals surface area contributed by atoms with E-state index in [0.717, 1.165) is 11.3 Å². The standard InChI is InChI=1S/C15H18N2O/c1-3-15(18)16-12(2)13-6-8-14(9-7-13)17-10-4-5-11-17/h4-12H,3H2,1-2H3,(H,16,18)/t12-/m0/s1. The summed E-state index contributed by atoms with van der Waals surface area (Å²) in [6.45, 7) is 3.86. The minimum absolute atomic E-state index is 0.0520. The van der Waals surface area contributed by atoms with Crippen molar-refractivity contribution in [1.82, 2.24) is 9.88 Å².